The molecular weight excluding hydrogens is 416 g/mol. The van der Waals surface area contributed by atoms with Gasteiger partial charge in [-0.05, 0) is 66.5 Å². The Hall–Kier alpha value is -2.91. The molecule has 1 aliphatic carbocycles. The number of nitrogens with zero attached hydrogens (tertiary/aromatic N) is 3. The molecule has 4 rings (SSSR count). The largest absolute Gasteiger partial charge is 0.325 e. The molecule has 164 valence electrons. The zero-order valence-corrected chi connectivity index (χ0v) is 19.6. The molecule has 6 heteroatoms. The molecule has 0 spiro atoms. The van der Waals surface area contributed by atoms with Gasteiger partial charge in [0, 0.05) is 17.3 Å². The van der Waals surface area contributed by atoms with Gasteiger partial charge in [-0.15, -0.1) is 0 Å². The number of aryl methyl sites for hydroxylation is 1. The molecular formula is C26H28N4OS. The highest BCUT2D eigenvalue weighted by Crippen LogP contribution is 2.40. The fourth-order valence-corrected chi connectivity index (χ4v) is 5.10. The number of fused-ring (bicyclic) bond motifs is 2. The van der Waals surface area contributed by atoms with Gasteiger partial charge in [-0.2, -0.15) is 5.26 Å². The second kappa shape index (κ2) is 9.30. The van der Waals surface area contributed by atoms with Crippen molar-refractivity contribution in [2.45, 2.75) is 51.5 Å². The van der Waals surface area contributed by atoms with Gasteiger partial charge in [-0.25, -0.2) is 4.98 Å². The van der Waals surface area contributed by atoms with Gasteiger partial charge in [0.2, 0.25) is 5.91 Å². The zero-order chi connectivity index (χ0) is 22.7. The third-order valence-corrected chi connectivity index (χ3v) is 7.74. The van der Waals surface area contributed by atoms with Crippen LogP contribution in [-0.4, -0.2) is 21.6 Å². The summed E-state index contributed by atoms with van der Waals surface area (Å²) in [4.78, 5) is 21.8. The van der Waals surface area contributed by atoms with Gasteiger partial charge in [-0.3, -0.25) is 9.78 Å². The zero-order valence-electron chi connectivity index (χ0n) is 18.8. The molecule has 3 aromatic rings. The minimum Gasteiger partial charge on any atom is -0.325 e. The van der Waals surface area contributed by atoms with Crippen LogP contribution in [0.1, 0.15) is 50.4 Å². The fourth-order valence-electron chi connectivity index (χ4n) is 4.32. The van der Waals surface area contributed by atoms with Crippen molar-refractivity contribution < 1.29 is 4.79 Å². The quantitative estimate of drug-likeness (QED) is 0.488. The second-order valence-corrected chi connectivity index (χ2v) is 10.0. The van der Waals surface area contributed by atoms with Gasteiger partial charge in [0.25, 0.3) is 0 Å². The van der Waals surface area contributed by atoms with Crippen LogP contribution in [0.5, 0.6) is 0 Å². The fraction of sp³-hybridized carbons (Fsp3) is 0.385. The summed E-state index contributed by atoms with van der Waals surface area (Å²) in [7, 11) is 0. The van der Waals surface area contributed by atoms with E-state index in [0.29, 0.717) is 16.5 Å². The third kappa shape index (κ3) is 4.63. The molecule has 5 nitrogen and oxygen atoms in total. The van der Waals surface area contributed by atoms with Crippen molar-refractivity contribution >= 4 is 34.3 Å². The maximum Gasteiger partial charge on any atom is 0.234 e. The summed E-state index contributed by atoms with van der Waals surface area (Å²) < 4.78 is 0. The van der Waals surface area contributed by atoms with Crippen molar-refractivity contribution in [3.05, 3.63) is 59.4 Å². The molecule has 0 saturated carbocycles. The lowest BCUT2D eigenvalue weighted by Gasteiger charge is -2.37. The summed E-state index contributed by atoms with van der Waals surface area (Å²) in [6.07, 6.45) is 5.89. The summed E-state index contributed by atoms with van der Waals surface area (Å²) in [6, 6.07) is 13.8. The van der Waals surface area contributed by atoms with Crippen LogP contribution in [0.3, 0.4) is 0 Å². The number of nitriles is 1. The standard InChI is InChI=1S/C26H28N4OS/c1-4-26(2,3)19-10-11-21-17(14-19)13-18(15-27)25(30-21)32-16-24(31)29-23-9-5-8-22-20(23)7-6-12-28-22/h5-9,12-13,19H,4,10-11,14,16H2,1-3H3,(H,29,31)/t19-/m1/s1. The molecule has 1 atom stereocenters. The number of nitrogens with one attached hydrogen (secondary N) is 1. The van der Waals surface area contributed by atoms with Crippen molar-refractivity contribution in [2.24, 2.45) is 11.3 Å². The molecule has 0 aliphatic heterocycles. The molecule has 1 aliphatic rings. The van der Waals surface area contributed by atoms with E-state index >= 15 is 0 Å². The number of anilines is 1. The number of aromatic nitrogens is 2. The van der Waals surface area contributed by atoms with E-state index in [4.69, 9.17) is 4.98 Å². The Balaban J connectivity index is 1.47. The maximum atomic E-state index is 12.6. The van der Waals surface area contributed by atoms with Crippen molar-refractivity contribution in [1.82, 2.24) is 9.97 Å². The molecule has 0 fully saturated rings. The molecule has 1 aromatic carbocycles. The molecule has 2 heterocycles. The molecule has 0 unspecified atom stereocenters. The van der Waals surface area contributed by atoms with Crippen LogP contribution in [0, 0.1) is 22.7 Å². The van der Waals surface area contributed by atoms with Gasteiger partial charge in [0.05, 0.1) is 22.5 Å². The van der Waals surface area contributed by atoms with E-state index in [1.807, 2.05) is 36.4 Å². The van der Waals surface area contributed by atoms with Gasteiger partial charge >= 0.3 is 0 Å². The molecule has 32 heavy (non-hydrogen) atoms. The first kappa shape index (κ1) is 22.3. The smallest absolute Gasteiger partial charge is 0.234 e. The first-order valence-corrected chi connectivity index (χ1v) is 12.1. The minimum atomic E-state index is -0.125. The maximum absolute atomic E-state index is 12.6. The van der Waals surface area contributed by atoms with Crippen LogP contribution >= 0.6 is 11.8 Å². The molecule has 1 amide bonds. The lowest BCUT2D eigenvalue weighted by molar-refractivity contribution is -0.113. The van der Waals surface area contributed by atoms with E-state index in [1.165, 1.54) is 17.3 Å². The monoisotopic (exact) mass is 444 g/mol. The van der Waals surface area contributed by atoms with Gasteiger partial charge < -0.3 is 5.32 Å². The van der Waals surface area contributed by atoms with E-state index < -0.39 is 0 Å². The molecule has 2 aromatic heterocycles. The van der Waals surface area contributed by atoms with Crippen molar-refractivity contribution in [2.75, 3.05) is 11.1 Å². The molecule has 1 N–H and O–H groups in total. The lowest BCUT2D eigenvalue weighted by Crippen LogP contribution is -2.29. The van der Waals surface area contributed by atoms with E-state index in [-0.39, 0.29) is 17.1 Å². The van der Waals surface area contributed by atoms with Gasteiger partial charge in [0.1, 0.15) is 11.1 Å². The summed E-state index contributed by atoms with van der Waals surface area (Å²) in [5, 5.41) is 14.2. The second-order valence-electron chi connectivity index (χ2n) is 9.05. The number of carbonyl (C=O) groups excluding carboxylic acids is 1. The van der Waals surface area contributed by atoms with E-state index in [0.717, 1.165) is 48.0 Å². The van der Waals surface area contributed by atoms with Crippen LogP contribution in [0.4, 0.5) is 5.69 Å². The summed E-state index contributed by atoms with van der Waals surface area (Å²) in [6.45, 7) is 6.90. The Kier molecular flexibility index (Phi) is 6.48. The number of amides is 1. The normalized spacial score (nSPS) is 15.8. The Morgan fingerprint density at radius 3 is 2.94 bits per heavy atom. The number of carbonyl (C=O) groups is 1. The number of rotatable bonds is 6. The number of thioether (sulfide) groups is 1. The summed E-state index contributed by atoms with van der Waals surface area (Å²) >= 11 is 1.33. The Bertz CT molecular complexity index is 1190. The number of hydrogen-bond donors (Lipinski definition) is 1. The average Bonchev–Trinajstić information content (AvgIpc) is 2.82. The summed E-state index contributed by atoms with van der Waals surface area (Å²) in [5.74, 6) is 0.676. The molecule has 0 bridgehead atoms. The highest BCUT2D eigenvalue weighted by molar-refractivity contribution is 8.00. The first-order valence-electron chi connectivity index (χ1n) is 11.1. The average molecular weight is 445 g/mol. The number of benzene rings is 1. The van der Waals surface area contributed by atoms with Crippen LogP contribution in [-0.2, 0) is 17.6 Å². The first-order chi connectivity index (χ1) is 15.4. The SMILES string of the molecule is CCC(C)(C)[C@@H]1CCc2nc(SCC(=O)Nc3cccc4ncccc34)c(C#N)cc2C1. The van der Waals surface area contributed by atoms with Crippen molar-refractivity contribution in [1.29, 1.82) is 5.26 Å². The predicted octanol–water partition coefficient (Wildman–Crippen LogP) is 5.77. The van der Waals surface area contributed by atoms with Crippen LogP contribution in [0.25, 0.3) is 10.9 Å². The molecule has 0 saturated heterocycles. The van der Waals surface area contributed by atoms with E-state index in [2.05, 4.69) is 37.1 Å². The van der Waals surface area contributed by atoms with Gasteiger partial charge in [-0.1, -0.05) is 45.0 Å². The van der Waals surface area contributed by atoms with E-state index in [1.54, 1.807) is 6.20 Å². The minimum absolute atomic E-state index is 0.125. The Labute approximate surface area is 193 Å². The van der Waals surface area contributed by atoms with Crippen molar-refractivity contribution in [3.63, 3.8) is 0 Å². The lowest BCUT2D eigenvalue weighted by atomic mass is 9.69. The van der Waals surface area contributed by atoms with Crippen LogP contribution in [0.15, 0.2) is 47.6 Å². The number of hydrogen-bond acceptors (Lipinski definition) is 5. The molecule has 0 radical (unpaired) electrons. The Morgan fingerprint density at radius 2 is 2.16 bits per heavy atom. The summed E-state index contributed by atoms with van der Waals surface area (Å²) in [5.41, 5.74) is 4.69. The highest BCUT2D eigenvalue weighted by atomic mass is 32.2. The number of pyridine rings is 2. The Morgan fingerprint density at radius 1 is 1.31 bits per heavy atom. The predicted molar refractivity (Wildman–Crippen MR) is 130 cm³/mol. The highest BCUT2D eigenvalue weighted by Gasteiger charge is 2.32. The van der Waals surface area contributed by atoms with E-state index in [9.17, 15) is 10.1 Å². The third-order valence-electron chi connectivity index (χ3n) is 6.75. The van der Waals surface area contributed by atoms with Crippen molar-refractivity contribution in [3.8, 4) is 6.07 Å². The topological polar surface area (TPSA) is 78.7 Å². The van der Waals surface area contributed by atoms with Crippen LogP contribution < -0.4 is 5.32 Å². The van der Waals surface area contributed by atoms with Gasteiger partial charge in [0.15, 0.2) is 0 Å². The van der Waals surface area contributed by atoms with Crippen LogP contribution in [0.2, 0.25) is 0 Å².